The van der Waals surface area contributed by atoms with E-state index in [-0.39, 0.29) is 0 Å². The van der Waals surface area contributed by atoms with E-state index in [4.69, 9.17) is 15.0 Å². The highest BCUT2D eigenvalue weighted by atomic mass is 28.3. The average Bonchev–Trinajstić information content (AvgIpc) is 1.72. The molecule has 2 aliphatic heterocycles. The number of para-hydroxylation sites is 9. The van der Waals surface area contributed by atoms with Gasteiger partial charge in [0.15, 0.2) is 33.6 Å². The zero-order chi connectivity index (χ0) is 58.4. The van der Waals surface area contributed by atoms with Crippen LogP contribution in [0.5, 0.6) is 0 Å². The molecular weight excluding hydrogens is 1110 g/mol. The summed E-state index contributed by atoms with van der Waals surface area (Å²) in [6.45, 7) is 0. The lowest BCUT2D eigenvalue weighted by molar-refractivity contribution is 1.06. The Morgan fingerprint density at radius 1 is 0.213 bits per heavy atom. The maximum Gasteiger partial charge on any atom is 0.184 e. The van der Waals surface area contributed by atoms with Gasteiger partial charge in [0.05, 0.1) is 38.8 Å². The molecule has 0 fully saturated rings. The molecule has 414 valence electrons. The van der Waals surface area contributed by atoms with Crippen LogP contribution in [-0.4, -0.2) is 44.8 Å². The van der Waals surface area contributed by atoms with E-state index in [1.165, 1.54) is 107 Å². The Labute approximate surface area is 515 Å². The number of aromatic nitrogens is 6. The van der Waals surface area contributed by atoms with Crippen molar-refractivity contribution in [3.8, 4) is 51.2 Å². The molecule has 89 heavy (non-hydrogen) atoms. The van der Waals surface area contributed by atoms with Crippen LogP contribution in [0.1, 0.15) is 0 Å². The van der Waals surface area contributed by atoms with Crippen molar-refractivity contribution in [2.75, 3.05) is 0 Å². The highest BCUT2D eigenvalue weighted by Gasteiger charge is 2.49. The third-order valence-electron chi connectivity index (χ3n) is 19.5. The molecule has 0 radical (unpaired) electrons. The Kier molecular flexibility index (Phi) is 10.7. The lowest BCUT2D eigenvalue weighted by Gasteiger charge is -2.39. The van der Waals surface area contributed by atoms with Crippen molar-refractivity contribution >= 4 is 123 Å². The zero-order valence-corrected chi connectivity index (χ0v) is 50.2. The third-order valence-corrected chi connectivity index (χ3v) is 29.1. The number of rotatable bonds is 8. The normalized spacial score (nSPS) is 15.7. The van der Waals surface area contributed by atoms with Crippen LogP contribution < -0.4 is 41.5 Å². The van der Waals surface area contributed by atoms with Crippen LogP contribution in [-0.2, 0) is 0 Å². The first-order valence-corrected chi connectivity index (χ1v) is 34.6. The summed E-state index contributed by atoms with van der Waals surface area (Å²) >= 11 is 0. The maximum absolute atomic E-state index is 5.57. The van der Waals surface area contributed by atoms with Gasteiger partial charge in [-0.25, -0.2) is 15.0 Å². The van der Waals surface area contributed by atoms with Gasteiger partial charge in [-0.15, -0.1) is 0 Å². The van der Waals surface area contributed by atoms with Gasteiger partial charge in [0.1, 0.15) is 0 Å². The number of hydrogen-bond donors (Lipinski definition) is 0. The summed E-state index contributed by atoms with van der Waals surface area (Å²) in [5.41, 5.74) is 13.5. The lowest BCUT2D eigenvalue weighted by Crippen LogP contribution is -2.76. The number of nitrogens with zero attached hydrogens (tertiary/aromatic N) is 6. The van der Waals surface area contributed by atoms with E-state index in [1.807, 2.05) is 0 Å². The van der Waals surface area contributed by atoms with Crippen molar-refractivity contribution in [3.63, 3.8) is 0 Å². The SMILES string of the molecule is c1ccc([Si]2(c3ccc(-c4nc(-c5ccc([Si]6(c7ccccc7)c7ccccc7-n7c8ccccc8c8cccc6c87)cc5)nc(-c5ccccc5-n5c6ccccc6c6ccccc65)n4)cc3)c3ccccc3-n3c4ccccc4c4cccc2c43)cc1. The summed E-state index contributed by atoms with van der Waals surface area (Å²) in [5.74, 6) is 1.81. The molecule has 0 amide bonds. The molecule has 8 heteroatoms. The quantitative estimate of drug-likeness (QED) is 0.143. The van der Waals surface area contributed by atoms with Gasteiger partial charge >= 0.3 is 0 Å². The van der Waals surface area contributed by atoms with Crippen LogP contribution in [0.4, 0.5) is 0 Å². The second kappa shape index (κ2) is 19.1. The first-order valence-electron chi connectivity index (χ1n) is 30.6. The topological polar surface area (TPSA) is 53.5 Å². The minimum absolute atomic E-state index is 0.599. The van der Waals surface area contributed by atoms with E-state index < -0.39 is 16.1 Å². The molecule has 0 N–H and O–H groups in total. The molecule has 0 saturated carbocycles. The molecule has 4 aromatic heterocycles. The largest absolute Gasteiger partial charge is 0.309 e. The van der Waals surface area contributed by atoms with Crippen molar-refractivity contribution in [2.45, 2.75) is 0 Å². The van der Waals surface area contributed by atoms with Gasteiger partial charge in [0.2, 0.25) is 0 Å². The van der Waals surface area contributed by atoms with Gasteiger partial charge < -0.3 is 13.7 Å². The summed E-state index contributed by atoms with van der Waals surface area (Å²) in [6, 6.07) is 117. The molecule has 2 aliphatic rings. The summed E-state index contributed by atoms with van der Waals surface area (Å²) in [4.78, 5) is 16.7. The van der Waals surface area contributed by atoms with Gasteiger partial charge in [-0.1, -0.05) is 267 Å². The fourth-order valence-corrected chi connectivity index (χ4v) is 26.1. The highest BCUT2D eigenvalue weighted by Crippen LogP contribution is 2.40. The molecule has 2 unspecified atom stereocenters. The predicted molar refractivity (Wildman–Crippen MR) is 374 cm³/mol. The van der Waals surface area contributed by atoms with Crippen LogP contribution in [0.15, 0.2) is 315 Å². The zero-order valence-electron chi connectivity index (χ0n) is 48.2. The first kappa shape index (κ1) is 49.9. The molecule has 0 saturated heterocycles. The first-order chi connectivity index (χ1) is 44.2. The van der Waals surface area contributed by atoms with Crippen LogP contribution in [0, 0.1) is 0 Å². The summed E-state index contributed by atoms with van der Waals surface area (Å²) in [5, 5.41) is 18.2. The van der Waals surface area contributed by atoms with Gasteiger partial charge in [-0.05, 0) is 90.0 Å². The average molecular weight is 1170 g/mol. The minimum Gasteiger partial charge on any atom is -0.309 e. The molecule has 0 spiro atoms. The molecule has 0 bridgehead atoms. The summed E-state index contributed by atoms with van der Waals surface area (Å²) in [6.07, 6.45) is 0. The Morgan fingerprint density at radius 2 is 0.528 bits per heavy atom. The van der Waals surface area contributed by atoms with Crippen LogP contribution in [0.25, 0.3) is 117 Å². The Balaban J connectivity index is 0.825. The molecule has 6 nitrogen and oxygen atoms in total. The highest BCUT2D eigenvalue weighted by molar-refractivity contribution is 7.22. The second-order valence-electron chi connectivity index (χ2n) is 23.7. The Hall–Kier alpha value is -11.3. The fraction of sp³-hybridized carbons (Fsp3) is 0. The molecule has 6 heterocycles. The molecular formula is C81H52N6Si2. The standard InChI is InChI=1S/C81H52N6Si2/c1-3-23-55(24-4-1)88(73-41-19-17-39-71(73)86-68-36-14-9-29-61(68)63-32-21-43-75(88)77(63)86)57-49-45-53(46-50-57)79-82-80(84-81(83-79)65-31-11-16-38-70(65)85-66-34-12-7-27-59(66)60-28-8-13-35-67(60)85)54-47-51-58(52-48-54)89(56-25-5-2-6-26-56)74-42-20-18-40-72(74)87-69-37-15-10-30-62(69)64-33-22-44-76(89)78(64)87/h1-52H. The minimum atomic E-state index is -2.99. The van der Waals surface area contributed by atoms with E-state index in [0.29, 0.717) is 17.5 Å². The van der Waals surface area contributed by atoms with Gasteiger partial charge in [0.25, 0.3) is 0 Å². The summed E-state index contributed by atoms with van der Waals surface area (Å²) in [7, 11) is -5.99. The van der Waals surface area contributed by atoms with Gasteiger partial charge in [0, 0.05) is 60.4 Å². The number of benzene rings is 13. The van der Waals surface area contributed by atoms with Gasteiger partial charge in [-0.3, -0.25) is 0 Å². The van der Waals surface area contributed by atoms with Crippen LogP contribution in [0.2, 0.25) is 0 Å². The predicted octanol–water partition coefficient (Wildman–Crippen LogP) is 13.5. The lowest BCUT2D eigenvalue weighted by atomic mass is 10.1. The summed E-state index contributed by atoms with van der Waals surface area (Å²) < 4.78 is 7.42. The molecule has 0 aliphatic carbocycles. The van der Waals surface area contributed by atoms with E-state index in [2.05, 4.69) is 329 Å². The number of fused-ring (bicyclic) bond motifs is 13. The Morgan fingerprint density at radius 3 is 0.978 bits per heavy atom. The van der Waals surface area contributed by atoms with E-state index in [0.717, 1.165) is 33.4 Å². The van der Waals surface area contributed by atoms with Crippen molar-refractivity contribution in [3.05, 3.63) is 315 Å². The molecule has 17 aromatic rings. The fourth-order valence-electron chi connectivity index (χ4n) is 15.9. The van der Waals surface area contributed by atoms with E-state index >= 15 is 0 Å². The smallest absolute Gasteiger partial charge is 0.184 e. The third kappa shape index (κ3) is 6.87. The Bertz CT molecular complexity index is 5420. The van der Waals surface area contributed by atoms with Crippen molar-refractivity contribution < 1.29 is 0 Å². The van der Waals surface area contributed by atoms with Gasteiger partial charge in [-0.2, -0.15) is 0 Å². The van der Waals surface area contributed by atoms with Crippen molar-refractivity contribution in [1.29, 1.82) is 0 Å². The van der Waals surface area contributed by atoms with Crippen LogP contribution >= 0.6 is 0 Å². The van der Waals surface area contributed by atoms with E-state index in [9.17, 15) is 0 Å². The molecule has 19 rings (SSSR count). The van der Waals surface area contributed by atoms with E-state index in [1.54, 1.807) is 0 Å². The molecule has 13 aromatic carbocycles. The van der Waals surface area contributed by atoms with Crippen LogP contribution in [0.3, 0.4) is 0 Å². The van der Waals surface area contributed by atoms with Crippen molar-refractivity contribution in [1.82, 2.24) is 28.7 Å². The number of hydrogen-bond acceptors (Lipinski definition) is 3. The maximum atomic E-state index is 5.57. The van der Waals surface area contributed by atoms with Crippen molar-refractivity contribution in [2.24, 2.45) is 0 Å². The monoisotopic (exact) mass is 1160 g/mol. The molecule has 2 atom stereocenters. The second-order valence-corrected chi connectivity index (χ2v) is 31.2.